The number of rotatable bonds is 1. The first kappa shape index (κ1) is 21.2. The Morgan fingerprint density at radius 2 is 1.67 bits per heavy atom. The summed E-state index contributed by atoms with van der Waals surface area (Å²) in [6.45, 7) is 0. The van der Waals surface area contributed by atoms with Crippen molar-refractivity contribution in [2.45, 2.75) is 18.9 Å². The standard InChI is InChI=1S/C23H19NO.C4H5NO2S/c24-23-16(14-17-5-3-13-25-17)8-10-21-20-9-7-15-4-1-2-6-18(15)19(20)11-12-22(21)23;6-8(7)3-1-5-2-4-8/h1-7,9,11-14,23H,8,10,24H2;1-5H. The van der Waals surface area contributed by atoms with Gasteiger partial charge in [-0.3, -0.25) is 0 Å². The Hall–Kier alpha value is -3.61. The van der Waals surface area contributed by atoms with Crippen molar-refractivity contribution < 1.29 is 12.8 Å². The quantitative estimate of drug-likeness (QED) is 0.366. The molecule has 1 aliphatic heterocycles. The van der Waals surface area contributed by atoms with Crippen LogP contribution in [0.4, 0.5) is 0 Å². The number of benzene rings is 3. The minimum absolute atomic E-state index is 0.0651. The average Bonchev–Trinajstić information content (AvgIpc) is 3.34. The van der Waals surface area contributed by atoms with Crippen LogP contribution in [0.1, 0.15) is 29.3 Å². The zero-order chi connectivity index (χ0) is 22.8. The van der Waals surface area contributed by atoms with E-state index in [9.17, 15) is 8.42 Å². The fraction of sp³-hybridized carbons (Fsp3) is 0.111. The molecule has 2 aliphatic rings. The number of hydrogen-bond donors (Lipinski definition) is 2. The molecule has 0 saturated heterocycles. The molecule has 6 rings (SSSR count). The summed E-state index contributed by atoms with van der Waals surface area (Å²) in [6, 6.07) is 21.3. The van der Waals surface area contributed by atoms with E-state index in [0.29, 0.717) is 0 Å². The SMILES string of the molecule is NC1C(=Cc2ccco2)CCc2c1ccc1c2ccc2ccccc21.O=S1(=O)C=CNC=C1. The maximum absolute atomic E-state index is 10.4. The van der Waals surface area contributed by atoms with E-state index in [4.69, 9.17) is 10.2 Å². The van der Waals surface area contributed by atoms with Gasteiger partial charge in [0.1, 0.15) is 5.76 Å². The lowest BCUT2D eigenvalue weighted by Gasteiger charge is -2.27. The normalized spacial score (nSPS) is 19.7. The van der Waals surface area contributed by atoms with Crippen LogP contribution in [-0.4, -0.2) is 8.42 Å². The van der Waals surface area contributed by atoms with E-state index in [0.717, 1.165) is 29.4 Å². The van der Waals surface area contributed by atoms with Crippen molar-refractivity contribution in [3.8, 4) is 0 Å². The molecule has 3 aromatic carbocycles. The van der Waals surface area contributed by atoms with Crippen molar-refractivity contribution in [2.24, 2.45) is 5.73 Å². The van der Waals surface area contributed by atoms with Crippen molar-refractivity contribution in [1.29, 1.82) is 0 Å². The van der Waals surface area contributed by atoms with Crippen LogP contribution in [0.3, 0.4) is 0 Å². The highest BCUT2D eigenvalue weighted by Gasteiger charge is 2.23. The van der Waals surface area contributed by atoms with E-state index in [1.54, 1.807) is 6.26 Å². The lowest BCUT2D eigenvalue weighted by Crippen LogP contribution is -2.20. The van der Waals surface area contributed by atoms with Gasteiger partial charge in [-0.2, -0.15) is 0 Å². The number of hydrogen-bond acceptors (Lipinski definition) is 5. The molecule has 0 amide bonds. The smallest absolute Gasteiger partial charge is 0.195 e. The first-order valence-corrected chi connectivity index (χ1v) is 12.4. The molecule has 2 heterocycles. The molecular formula is C27H24N2O3S. The molecule has 33 heavy (non-hydrogen) atoms. The Labute approximate surface area is 192 Å². The Morgan fingerprint density at radius 3 is 2.39 bits per heavy atom. The lowest BCUT2D eigenvalue weighted by atomic mass is 9.81. The maximum atomic E-state index is 10.4. The van der Waals surface area contributed by atoms with Crippen molar-refractivity contribution >= 4 is 37.5 Å². The van der Waals surface area contributed by atoms with Gasteiger partial charge in [-0.1, -0.05) is 48.5 Å². The van der Waals surface area contributed by atoms with Gasteiger partial charge in [-0.05, 0) is 69.3 Å². The molecule has 1 atom stereocenters. The van der Waals surface area contributed by atoms with Crippen LogP contribution in [0.15, 0.2) is 100 Å². The number of aryl methyl sites for hydroxylation is 1. The largest absolute Gasteiger partial charge is 0.465 e. The molecule has 1 aromatic heterocycles. The van der Waals surface area contributed by atoms with E-state index >= 15 is 0 Å². The molecule has 0 bridgehead atoms. The second-order valence-corrected chi connectivity index (χ2v) is 9.81. The third-order valence-electron chi connectivity index (χ3n) is 6.05. The van der Waals surface area contributed by atoms with Crippen molar-refractivity contribution in [2.75, 3.05) is 0 Å². The van der Waals surface area contributed by atoms with Gasteiger partial charge in [-0.15, -0.1) is 0 Å². The number of nitrogens with two attached hydrogens (primary N) is 1. The third kappa shape index (κ3) is 4.35. The molecule has 1 aliphatic carbocycles. The summed E-state index contributed by atoms with van der Waals surface area (Å²) in [5.74, 6) is 0.876. The van der Waals surface area contributed by atoms with Gasteiger partial charge in [0.05, 0.1) is 23.1 Å². The molecule has 0 radical (unpaired) electrons. The van der Waals surface area contributed by atoms with Crippen LogP contribution in [0.5, 0.6) is 0 Å². The van der Waals surface area contributed by atoms with Gasteiger partial charge < -0.3 is 15.5 Å². The number of nitrogens with one attached hydrogen (secondary N) is 1. The van der Waals surface area contributed by atoms with Gasteiger partial charge >= 0.3 is 0 Å². The summed E-state index contributed by atoms with van der Waals surface area (Å²) in [6.07, 6.45) is 8.53. The summed E-state index contributed by atoms with van der Waals surface area (Å²) in [5.41, 5.74) is 10.5. The summed E-state index contributed by atoms with van der Waals surface area (Å²) in [4.78, 5) is 0. The third-order valence-corrected chi connectivity index (χ3v) is 7.08. The van der Waals surface area contributed by atoms with Gasteiger partial charge in [0.25, 0.3) is 0 Å². The van der Waals surface area contributed by atoms with Crippen molar-refractivity contribution in [1.82, 2.24) is 5.32 Å². The van der Waals surface area contributed by atoms with E-state index in [1.807, 2.05) is 12.1 Å². The van der Waals surface area contributed by atoms with Crippen LogP contribution in [0.2, 0.25) is 0 Å². The monoisotopic (exact) mass is 456 g/mol. The molecule has 0 saturated carbocycles. The maximum Gasteiger partial charge on any atom is 0.195 e. The van der Waals surface area contributed by atoms with Crippen LogP contribution in [0, 0.1) is 0 Å². The summed E-state index contributed by atoms with van der Waals surface area (Å²) in [5, 5.41) is 10.1. The van der Waals surface area contributed by atoms with Gasteiger partial charge in [-0.25, -0.2) is 8.42 Å². The van der Waals surface area contributed by atoms with Gasteiger partial charge in [0.15, 0.2) is 9.84 Å². The van der Waals surface area contributed by atoms with Gasteiger partial charge in [0.2, 0.25) is 0 Å². The van der Waals surface area contributed by atoms with Gasteiger partial charge in [0, 0.05) is 12.4 Å². The van der Waals surface area contributed by atoms with Crippen LogP contribution in [-0.2, 0) is 16.3 Å². The zero-order valence-corrected chi connectivity index (χ0v) is 18.8. The molecule has 5 nitrogen and oxygen atoms in total. The first-order chi connectivity index (χ1) is 16.0. The predicted octanol–water partition coefficient (Wildman–Crippen LogP) is 5.56. The highest BCUT2D eigenvalue weighted by Crippen LogP contribution is 2.39. The summed E-state index contributed by atoms with van der Waals surface area (Å²) < 4.78 is 26.3. The number of fused-ring (bicyclic) bond motifs is 5. The topological polar surface area (TPSA) is 85.3 Å². The highest BCUT2D eigenvalue weighted by molar-refractivity contribution is 7.97. The average molecular weight is 457 g/mol. The van der Waals surface area contributed by atoms with E-state index in [1.165, 1.54) is 50.6 Å². The summed E-state index contributed by atoms with van der Waals surface area (Å²) in [7, 11) is -3.01. The Morgan fingerprint density at radius 1 is 0.879 bits per heavy atom. The van der Waals surface area contributed by atoms with Crippen LogP contribution in [0.25, 0.3) is 27.6 Å². The van der Waals surface area contributed by atoms with E-state index in [-0.39, 0.29) is 6.04 Å². The summed E-state index contributed by atoms with van der Waals surface area (Å²) >= 11 is 0. The highest BCUT2D eigenvalue weighted by atomic mass is 32.2. The zero-order valence-electron chi connectivity index (χ0n) is 17.9. The molecular weight excluding hydrogens is 432 g/mol. The van der Waals surface area contributed by atoms with Crippen molar-refractivity contribution in [3.63, 3.8) is 0 Å². The molecule has 6 heteroatoms. The molecule has 3 N–H and O–H groups in total. The number of furan rings is 1. The van der Waals surface area contributed by atoms with Crippen molar-refractivity contribution in [3.05, 3.63) is 113 Å². The lowest BCUT2D eigenvalue weighted by molar-refractivity contribution is 0.555. The number of sulfone groups is 1. The molecule has 1 unspecified atom stereocenters. The molecule has 0 spiro atoms. The Kier molecular flexibility index (Phi) is 5.62. The molecule has 0 fully saturated rings. The minimum atomic E-state index is -3.01. The van der Waals surface area contributed by atoms with E-state index < -0.39 is 9.84 Å². The fourth-order valence-corrected chi connectivity index (χ4v) is 5.08. The first-order valence-electron chi connectivity index (χ1n) is 10.8. The van der Waals surface area contributed by atoms with E-state index in [2.05, 4.69) is 59.9 Å². The second-order valence-electron chi connectivity index (χ2n) is 8.09. The predicted molar refractivity (Wildman–Crippen MR) is 134 cm³/mol. The van der Waals surface area contributed by atoms with Crippen LogP contribution >= 0.6 is 0 Å². The minimum Gasteiger partial charge on any atom is -0.465 e. The Bertz CT molecular complexity index is 1500. The molecule has 166 valence electrons. The molecule has 4 aromatic rings. The fourth-order valence-electron chi connectivity index (χ4n) is 4.45. The van der Waals surface area contributed by atoms with Crippen LogP contribution < -0.4 is 11.1 Å². The Balaban J connectivity index is 0.000000243. The second kappa shape index (κ2) is 8.73.